The van der Waals surface area contributed by atoms with Crippen molar-refractivity contribution >= 4 is 14.9 Å². The summed E-state index contributed by atoms with van der Waals surface area (Å²) in [6.45, 7) is 0.234. The van der Waals surface area contributed by atoms with Crippen LogP contribution >= 0.6 is 8.60 Å². The SMILES string of the molecule is O=CCCCOP(O)O. The molecule has 2 N–H and O–H groups in total. The van der Waals surface area contributed by atoms with Crippen molar-refractivity contribution in [2.75, 3.05) is 6.61 Å². The third-order valence-corrected chi connectivity index (χ3v) is 1.09. The molecule has 0 aliphatic carbocycles. The molecule has 0 rings (SSSR count). The molecule has 0 aliphatic heterocycles. The van der Waals surface area contributed by atoms with E-state index < -0.39 is 8.60 Å². The molecule has 0 spiro atoms. The highest BCUT2D eigenvalue weighted by molar-refractivity contribution is 7.39. The van der Waals surface area contributed by atoms with E-state index in [0.29, 0.717) is 12.8 Å². The minimum atomic E-state index is -2.23. The standard InChI is InChI=1S/C4H9O4P/c5-3-1-2-4-8-9(6)7/h3,6-7H,1-2,4H2. The Morgan fingerprint density at radius 3 is 2.67 bits per heavy atom. The van der Waals surface area contributed by atoms with Crippen molar-refractivity contribution in [2.45, 2.75) is 12.8 Å². The number of unbranched alkanes of at least 4 members (excludes halogenated alkanes) is 1. The Morgan fingerprint density at radius 2 is 2.22 bits per heavy atom. The van der Waals surface area contributed by atoms with Crippen molar-refractivity contribution < 1.29 is 19.1 Å². The van der Waals surface area contributed by atoms with Gasteiger partial charge in [0.15, 0.2) is 0 Å². The maximum Gasteiger partial charge on any atom is 0.327 e. The smallest absolute Gasteiger partial charge is 0.327 e. The van der Waals surface area contributed by atoms with E-state index in [0.717, 1.165) is 6.29 Å². The minimum absolute atomic E-state index is 0.234. The van der Waals surface area contributed by atoms with Crippen molar-refractivity contribution in [1.29, 1.82) is 0 Å². The van der Waals surface area contributed by atoms with Gasteiger partial charge in [-0.25, -0.2) is 0 Å². The van der Waals surface area contributed by atoms with Gasteiger partial charge < -0.3 is 19.1 Å². The molecule has 0 heterocycles. The molecule has 9 heavy (non-hydrogen) atoms. The number of carbonyl (C=O) groups is 1. The Hall–Kier alpha value is -0.0200. The number of hydrogen-bond donors (Lipinski definition) is 2. The third-order valence-electron chi connectivity index (χ3n) is 0.673. The summed E-state index contributed by atoms with van der Waals surface area (Å²) in [6, 6.07) is 0. The van der Waals surface area contributed by atoms with E-state index in [1.807, 2.05) is 0 Å². The molecular formula is C4H9O4P. The first-order valence-corrected chi connectivity index (χ1v) is 3.68. The maximum atomic E-state index is 9.67. The summed E-state index contributed by atoms with van der Waals surface area (Å²) in [6.07, 6.45) is 1.72. The minimum Gasteiger partial charge on any atom is -0.328 e. The fourth-order valence-electron chi connectivity index (χ4n) is 0.313. The molecule has 0 radical (unpaired) electrons. The van der Waals surface area contributed by atoms with Crippen LogP contribution in [0.25, 0.3) is 0 Å². The summed E-state index contributed by atoms with van der Waals surface area (Å²) in [5.41, 5.74) is 0. The van der Waals surface area contributed by atoms with E-state index in [1.54, 1.807) is 0 Å². The molecule has 54 valence electrons. The predicted molar refractivity (Wildman–Crippen MR) is 32.6 cm³/mol. The van der Waals surface area contributed by atoms with Crippen LogP contribution in [0.3, 0.4) is 0 Å². The lowest BCUT2D eigenvalue weighted by Crippen LogP contribution is -1.88. The average molecular weight is 152 g/mol. The van der Waals surface area contributed by atoms with E-state index in [1.165, 1.54) is 0 Å². The summed E-state index contributed by atoms with van der Waals surface area (Å²) < 4.78 is 4.36. The van der Waals surface area contributed by atoms with Gasteiger partial charge in [-0.15, -0.1) is 0 Å². The second kappa shape index (κ2) is 6.11. The molecule has 0 saturated carbocycles. The fourth-order valence-corrected chi connectivity index (χ4v) is 0.605. The number of aldehydes is 1. The Kier molecular flexibility index (Phi) is 6.09. The zero-order valence-corrected chi connectivity index (χ0v) is 5.75. The molecule has 4 nitrogen and oxygen atoms in total. The lowest BCUT2D eigenvalue weighted by molar-refractivity contribution is -0.108. The second-order valence-electron chi connectivity index (χ2n) is 1.39. The molecule has 0 fully saturated rings. The van der Waals surface area contributed by atoms with Gasteiger partial charge in [-0.3, -0.25) is 0 Å². The van der Waals surface area contributed by atoms with Gasteiger partial charge in [0, 0.05) is 6.42 Å². The molecule has 0 aromatic carbocycles. The summed E-state index contributed by atoms with van der Waals surface area (Å²) in [5.74, 6) is 0. The molecule has 0 saturated heterocycles. The van der Waals surface area contributed by atoms with Gasteiger partial charge in [0.05, 0.1) is 6.61 Å². The Balaban J connectivity index is 2.82. The van der Waals surface area contributed by atoms with Crippen LogP contribution < -0.4 is 0 Å². The lowest BCUT2D eigenvalue weighted by atomic mass is 10.4. The van der Waals surface area contributed by atoms with Gasteiger partial charge in [-0.05, 0) is 6.42 Å². The number of hydrogen-bond acceptors (Lipinski definition) is 4. The van der Waals surface area contributed by atoms with Crippen molar-refractivity contribution in [3.63, 3.8) is 0 Å². The highest BCUT2D eigenvalue weighted by Crippen LogP contribution is 2.23. The topological polar surface area (TPSA) is 66.8 Å². The average Bonchev–Trinajstić information content (AvgIpc) is 1.80. The van der Waals surface area contributed by atoms with Gasteiger partial charge in [0.1, 0.15) is 6.29 Å². The van der Waals surface area contributed by atoms with Gasteiger partial charge in [-0.1, -0.05) is 0 Å². The summed E-state index contributed by atoms with van der Waals surface area (Å²) >= 11 is 0. The van der Waals surface area contributed by atoms with Crippen LogP contribution in [0.2, 0.25) is 0 Å². The normalized spacial score (nSPS) is 10.1. The van der Waals surface area contributed by atoms with E-state index in [4.69, 9.17) is 9.79 Å². The second-order valence-corrected chi connectivity index (χ2v) is 2.16. The zero-order valence-electron chi connectivity index (χ0n) is 4.86. The van der Waals surface area contributed by atoms with Crippen LogP contribution in [-0.4, -0.2) is 22.7 Å². The van der Waals surface area contributed by atoms with E-state index in [2.05, 4.69) is 4.52 Å². The highest BCUT2D eigenvalue weighted by Gasteiger charge is 1.96. The first-order valence-electron chi connectivity index (χ1n) is 2.52. The van der Waals surface area contributed by atoms with Gasteiger partial charge >= 0.3 is 8.60 Å². The maximum absolute atomic E-state index is 9.67. The molecule has 0 aliphatic rings. The molecule has 0 amide bonds. The van der Waals surface area contributed by atoms with E-state index >= 15 is 0 Å². The van der Waals surface area contributed by atoms with E-state index in [9.17, 15) is 4.79 Å². The highest BCUT2D eigenvalue weighted by atomic mass is 31.2. The first kappa shape index (κ1) is 8.98. The molecular weight excluding hydrogens is 143 g/mol. The Labute approximate surface area is 54.5 Å². The first-order chi connectivity index (χ1) is 4.27. The molecule has 0 unspecified atom stereocenters. The fraction of sp³-hybridized carbons (Fsp3) is 0.750. The lowest BCUT2D eigenvalue weighted by Gasteiger charge is -1.99. The van der Waals surface area contributed by atoms with Crippen LogP contribution in [0.5, 0.6) is 0 Å². The van der Waals surface area contributed by atoms with Gasteiger partial charge in [-0.2, -0.15) is 0 Å². The van der Waals surface area contributed by atoms with Gasteiger partial charge in [0.2, 0.25) is 0 Å². The third kappa shape index (κ3) is 7.98. The monoisotopic (exact) mass is 152 g/mol. The van der Waals surface area contributed by atoms with Crippen molar-refractivity contribution in [3.05, 3.63) is 0 Å². The predicted octanol–water partition coefficient (Wildman–Crippen LogP) is 0.194. The van der Waals surface area contributed by atoms with Crippen LogP contribution in [0.1, 0.15) is 12.8 Å². The van der Waals surface area contributed by atoms with Crippen LogP contribution in [-0.2, 0) is 9.32 Å². The molecule has 0 bridgehead atoms. The molecule has 0 aromatic rings. The van der Waals surface area contributed by atoms with E-state index in [-0.39, 0.29) is 6.61 Å². The largest absolute Gasteiger partial charge is 0.328 e. The summed E-state index contributed by atoms with van der Waals surface area (Å²) in [5, 5.41) is 0. The Morgan fingerprint density at radius 1 is 1.56 bits per heavy atom. The molecule has 0 atom stereocenters. The molecule has 5 heteroatoms. The summed E-state index contributed by atoms with van der Waals surface area (Å²) in [4.78, 5) is 26.0. The van der Waals surface area contributed by atoms with Crippen molar-refractivity contribution in [1.82, 2.24) is 0 Å². The number of carbonyl (C=O) groups excluding carboxylic acids is 1. The quantitative estimate of drug-likeness (QED) is 0.335. The van der Waals surface area contributed by atoms with Crippen molar-refractivity contribution in [2.24, 2.45) is 0 Å². The van der Waals surface area contributed by atoms with Crippen LogP contribution in [0.15, 0.2) is 0 Å². The zero-order chi connectivity index (χ0) is 7.11. The van der Waals surface area contributed by atoms with Crippen LogP contribution in [0, 0.1) is 0 Å². The van der Waals surface area contributed by atoms with Gasteiger partial charge in [0.25, 0.3) is 0 Å². The van der Waals surface area contributed by atoms with Crippen LogP contribution in [0.4, 0.5) is 0 Å². The Bertz CT molecular complexity index is 75.0. The summed E-state index contributed by atoms with van der Waals surface area (Å²) in [7, 11) is -2.23. The molecule has 0 aromatic heterocycles. The number of rotatable bonds is 5. The van der Waals surface area contributed by atoms with Crippen molar-refractivity contribution in [3.8, 4) is 0 Å².